The van der Waals surface area contributed by atoms with E-state index in [0.29, 0.717) is 11.3 Å². The van der Waals surface area contributed by atoms with Crippen molar-refractivity contribution in [2.45, 2.75) is 37.4 Å². The van der Waals surface area contributed by atoms with Gasteiger partial charge >= 0.3 is 6.18 Å². The first-order valence-corrected chi connectivity index (χ1v) is 11.4. The molecule has 2 aromatic carbocycles. The third-order valence-corrected chi connectivity index (χ3v) is 5.94. The summed E-state index contributed by atoms with van der Waals surface area (Å²) in [5, 5.41) is 1.98. The predicted molar refractivity (Wildman–Crippen MR) is 126 cm³/mol. The molecule has 5 nitrogen and oxygen atoms in total. The lowest BCUT2D eigenvalue weighted by Crippen LogP contribution is -2.23. The third-order valence-electron chi connectivity index (χ3n) is 4.98. The van der Waals surface area contributed by atoms with Gasteiger partial charge in [0.15, 0.2) is 5.16 Å². The molecule has 0 fully saturated rings. The first kappa shape index (κ1) is 24.6. The van der Waals surface area contributed by atoms with Crippen molar-refractivity contribution in [1.29, 1.82) is 0 Å². The summed E-state index contributed by atoms with van der Waals surface area (Å²) in [5.41, 5.74) is 1.31. The third kappa shape index (κ3) is 6.47. The average molecular weight is 475 g/mol. The minimum Gasteiger partial charge on any atom is -0.372 e. The summed E-state index contributed by atoms with van der Waals surface area (Å²) in [4.78, 5) is 22.8. The Kier molecular flexibility index (Phi) is 7.97. The Labute approximate surface area is 195 Å². The summed E-state index contributed by atoms with van der Waals surface area (Å²) >= 11 is 0.883. The van der Waals surface area contributed by atoms with Crippen LogP contribution in [0, 0.1) is 0 Å². The minimum atomic E-state index is -4.63. The Balaban J connectivity index is 1.76. The molecule has 174 valence electrons. The van der Waals surface area contributed by atoms with E-state index in [2.05, 4.69) is 34.0 Å². The van der Waals surface area contributed by atoms with E-state index in [1.54, 1.807) is 49.4 Å². The molecule has 1 N–H and O–H groups in total. The van der Waals surface area contributed by atoms with E-state index >= 15 is 0 Å². The van der Waals surface area contributed by atoms with Crippen molar-refractivity contribution >= 4 is 29.0 Å². The van der Waals surface area contributed by atoms with Gasteiger partial charge < -0.3 is 10.2 Å². The summed E-state index contributed by atoms with van der Waals surface area (Å²) in [7, 11) is 0. The SMILES string of the molecule is CCN(CC)c1ccc(NC(=O)[C@H](C)Sc2nc(-c3ccccc3)cc(C(F)(F)F)n2)cc1. The van der Waals surface area contributed by atoms with Crippen LogP contribution in [0.15, 0.2) is 65.8 Å². The van der Waals surface area contributed by atoms with Crippen LogP contribution in [0.4, 0.5) is 24.5 Å². The normalized spacial score (nSPS) is 12.3. The number of hydrogen-bond acceptors (Lipinski definition) is 5. The van der Waals surface area contributed by atoms with Gasteiger partial charge in [0.2, 0.25) is 5.91 Å². The van der Waals surface area contributed by atoms with Crippen LogP contribution >= 0.6 is 11.8 Å². The van der Waals surface area contributed by atoms with Crippen LogP contribution < -0.4 is 10.2 Å². The summed E-state index contributed by atoms with van der Waals surface area (Å²) in [6.07, 6.45) is -4.63. The predicted octanol–water partition coefficient (Wildman–Crippen LogP) is 6.13. The zero-order valence-corrected chi connectivity index (χ0v) is 19.4. The highest BCUT2D eigenvalue weighted by molar-refractivity contribution is 8.00. The molecule has 0 spiro atoms. The van der Waals surface area contributed by atoms with Gasteiger partial charge in [-0.2, -0.15) is 13.2 Å². The fourth-order valence-corrected chi connectivity index (χ4v) is 3.96. The Hall–Kier alpha value is -3.07. The molecular weight excluding hydrogens is 449 g/mol. The molecule has 0 saturated heterocycles. The second-order valence-corrected chi connectivity index (χ2v) is 8.56. The van der Waals surface area contributed by atoms with Crippen LogP contribution in [0.5, 0.6) is 0 Å². The number of anilines is 2. The quantitative estimate of drug-likeness (QED) is 0.315. The lowest BCUT2D eigenvalue weighted by molar-refractivity contribution is -0.141. The molecule has 0 aliphatic rings. The first-order valence-electron chi connectivity index (χ1n) is 10.6. The average Bonchev–Trinajstić information content (AvgIpc) is 2.80. The number of carbonyl (C=O) groups is 1. The largest absolute Gasteiger partial charge is 0.433 e. The second kappa shape index (κ2) is 10.7. The van der Waals surface area contributed by atoms with Gasteiger partial charge in [0.05, 0.1) is 10.9 Å². The molecule has 1 atom stereocenters. The monoisotopic (exact) mass is 474 g/mol. The minimum absolute atomic E-state index is 0.108. The van der Waals surface area contributed by atoms with Gasteiger partial charge in [-0.05, 0) is 51.1 Å². The first-order chi connectivity index (χ1) is 15.7. The Bertz CT molecular complexity index is 1070. The van der Waals surface area contributed by atoms with Gasteiger partial charge in [-0.3, -0.25) is 4.79 Å². The van der Waals surface area contributed by atoms with E-state index in [0.717, 1.165) is 36.6 Å². The lowest BCUT2D eigenvalue weighted by atomic mass is 10.1. The van der Waals surface area contributed by atoms with Gasteiger partial charge in [0, 0.05) is 30.0 Å². The number of thioether (sulfide) groups is 1. The molecule has 0 aliphatic carbocycles. The van der Waals surface area contributed by atoms with Crippen LogP contribution in [-0.4, -0.2) is 34.2 Å². The maximum atomic E-state index is 13.4. The highest BCUT2D eigenvalue weighted by atomic mass is 32.2. The maximum absolute atomic E-state index is 13.4. The van der Waals surface area contributed by atoms with E-state index in [4.69, 9.17) is 0 Å². The number of amides is 1. The van der Waals surface area contributed by atoms with Crippen molar-refractivity contribution < 1.29 is 18.0 Å². The number of nitrogens with one attached hydrogen (secondary N) is 1. The van der Waals surface area contributed by atoms with E-state index in [1.165, 1.54) is 0 Å². The summed E-state index contributed by atoms with van der Waals surface area (Å²) in [6.45, 7) is 7.49. The molecule has 3 aromatic rings. The zero-order chi connectivity index (χ0) is 24.0. The number of nitrogens with zero attached hydrogens (tertiary/aromatic N) is 3. The van der Waals surface area contributed by atoms with Gasteiger partial charge in [0.25, 0.3) is 0 Å². The van der Waals surface area contributed by atoms with Crippen molar-refractivity contribution in [3.05, 3.63) is 66.4 Å². The number of aromatic nitrogens is 2. The fourth-order valence-electron chi connectivity index (χ4n) is 3.18. The van der Waals surface area contributed by atoms with Crippen molar-refractivity contribution in [2.24, 2.45) is 0 Å². The smallest absolute Gasteiger partial charge is 0.372 e. The molecule has 1 amide bonds. The molecule has 0 radical (unpaired) electrons. The maximum Gasteiger partial charge on any atom is 0.433 e. The number of rotatable bonds is 8. The summed E-state index contributed by atoms with van der Waals surface area (Å²) in [5.74, 6) is -0.349. The van der Waals surface area contributed by atoms with E-state index in [9.17, 15) is 18.0 Å². The highest BCUT2D eigenvalue weighted by Gasteiger charge is 2.34. The van der Waals surface area contributed by atoms with Gasteiger partial charge in [0.1, 0.15) is 5.69 Å². The lowest BCUT2D eigenvalue weighted by Gasteiger charge is -2.21. The summed E-state index contributed by atoms with van der Waals surface area (Å²) < 4.78 is 40.2. The van der Waals surface area contributed by atoms with Gasteiger partial charge in [-0.25, -0.2) is 9.97 Å². The van der Waals surface area contributed by atoms with Crippen LogP contribution in [0.25, 0.3) is 11.3 Å². The second-order valence-electron chi connectivity index (χ2n) is 7.25. The number of benzene rings is 2. The highest BCUT2D eigenvalue weighted by Crippen LogP contribution is 2.33. The van der Waals surface area contributed by atoms with E-state index < -0.39 is 17.1 Å². The van der Waals surface area contributed by atoms with Crippen LogP contribution in [0.2, 0.25) is 0 Å². The Morgan fingerprint density at radius 2 is 1.67 bits per heavy atom. The van der Waals surface area contributed by atoms with Crippen molar-refractivity contribution in [1.82, 2.24) is 9.97 Å². The van der Waals surface area contributed by atoms with Gasteiger partial charge in [-0.15, -0.1) is 0 Å². The number of halogens is 3. The number of carbonyl (C=O) groups excluding carboxylic acids is 1. The molecule has 0 bridgehead atoms. The Morgan fingerprint density at radius 1 is 1.03 bits per heavy atom. The molecule has 0 aliphatic heterocycles. The summed E-state index contributed by atoms with van der Waals surface area (Å²) in [6, 6.07) is 16.9. The molecule has 1 heterocycles. The molecule has 3 rings (SSSR count). The fraction of sp³-hybridized carbons (Fsp3) is 0.292. The van der Waals surface area contributed by atoms with Crippen LogP contribution in [0.1, 0.15) is 26.5 Å². The Morgan fingerprint density at radius 3 is 2.24 bits per heavy atom. The molecule has 0 saturated carbocycles. The van der Waals surface area contributed by atoms with Crippen molar-refractivity contribution in [3.8, 4) is 11.3 Å². The van der Waals surface area contributed by atoms with Crippen LogP contribution in [0.3, 0.4) is 0 Å². The van der Waals surface area contributed by atoms with Crippen molar-refractivity contribution in [2.75, 3.05) is 23.3 Å². The topological polar surface area (TPSA) is 58.1 Å². The zero-order valence-electron chi connectivity index (χ0n) is 18.6. The number of alkyl halides is 3. The standard InChI is InChI=1S/C24H25F3N4OS/c1-4-31(5-2)19-13-11-18(12-14-19)28-22(32)16(3)33-23-29-20(17-9-7-6-8-10-17)15-21(30-23)24(25,26)27/h6-16H,4-5H2,1-3H3,(H,28,32)/t16-/m0/s1. The van der Waals surface area contributed by atoms with Crippen LogP contribution in [-0.2, 0) is 11.0 Å². The molecule has 1 aromatic heterocycles. The molecule has 0 unspecified atom stereocenters. The van der Waals surface area contributed by atoms with E-state index in [-0.39, 0.29) is 16.8 Å². The molecular formula is C24H25F3N4OS. The van der Waals surface area contributed by atoms with Crippen molar-refractivity contribution in [3.63, 3.8) is 0 Å². The van der Waals surface area contributed by atoms with Gasteiger partial charge in [-0.1, -0.05) is 42.1 Å². The molecule has 9 heteroatoms. The number of hydrogen-bond donors (Lipinski definition) is 1. The molecule has 33 heavy (non-hydrogen) atoms. The van der Waals surface area contributed by atoms with E-state index in [1.807, 2.05) is 12.1 Å².